The number of hydrogen-bond donors (Lipinski definition) is 5. The van der Waals surface area contributed by atoms with Crippen LogP contribution in [0.15, 0.2) is 66.7 Å². The third kappa shape index (κ3) is 8.07. The molecule has 0 amide bonds. The zero-order valence-corrected chi connectivity index (χ0v) is 18.5. The zero-order chi connectivity index (χ0) is 23.5. The molecule has 5 N–H and O–H groups in total. The molecule has 3 aromatic rings. The van der Waals surface area contributed by atoms with Crippen LogP contribution in [-0.2, 0) is 24.4 Å². The van der Waals surface area contributed by atoms with Gasteiger partial charge in [0.2, 0.25) is 0 Å². The van der Waals surface area contributed by atoms with Crippen molar-refractivity contribution in [2.75, 3.05) is 26.3 Å². The Labute approximate surface area is 193 Å². The molecule has 0 aromatic heterocycles. The van der Waals surface area contributed by atoms with E-state index < -0.39 is 6.10 Å². The van der Waals surface area contributed by atoms with Gasteiger partial charge >= 0.3 is 0 Å². The van der Waals surface area contributed by atoms with Gasteiger partial charge in [-0.3, -0.25) is 0 Å². The smallest absolute Gasteiger partial charge is 0.121 e. The number of phenolic OH excluding ortho intramolecular Hbond substituents is 1. The maximum atomic E-state index is 10.3. The minimum atomic E-state index is -0.720. The lowest BCUT2D eigenvalue weighted by molar-refractivity contribution is 0.0889. The number of rotatable bonds is 13. The van der Waals surface area contributed by atoms with Crippen molar-refractivity contribution in [2.24, 2.45) is 0 Å². The molecule has 0 saturated heterocycles. The lowest BCUT2D eigenvalue weighted by Crippen LogP contribution is -2.23. The quantitative estimate of drug-likeness (QED) is 0.253. The second-order valence-corrected chi connectivity index (χ2v) is 7.73. The van der Waals surface area contributed by atoms with Gasteiger partial charge in [0.05, 0.1) is 25.9 Å². The molecular formula is C26H31NO6. The number of hydrogen-bond acceptors (Lipinski definition) is 7. The van der Waals surface area contributed by atoms with Crippen LogP contribution in [0.5, 0.6) is 17.2 Å². The van der Waals surface area contributed by atoms with Crippen molar-refractivity contribution in [3.8, 4) is 17.2 Å². The molecular weight excluding hydrogens is 422 g/mol. The molecule has 7 nitrogen and oxygen atoms in total. The number of nitrogens with one attached hydrogen (secondary N) is 1. The van der Waals surface area contributed by atoms with Gasteiger partial charge in [-0.2, -0.15) is 0 Å². The van der Waals surface area contributed by atoms with Crippen LogP contribution in [0.2, 0.25) is 0 Å². The fourth-order valence-corrected chi connectivity index (χ4v) is 3.28. The second kappa shape index (κ2) is 12.8. The number of ether oxygens (including phenoxy) is 2. The monoisotopic (exact) mass is 453 g/mol. The number of aliphatic hydroxyl groups is 2. The predicted octanol–water partition coefficient (Wildman–Crippen LogP) is 3.05. The Bertz CT molecular complexity index is 975. The van der Waals surface area contributed by atoms with E-state index in [2.05, 4.69) is 5.32 Å². The summed E-state index contributed by atoms with van der Waals surface area (Å²) >= 11 is 0. The topological polar surface area (TPSA) is 111 Å². The molecule has 33 heavy (non-hydrogen) atoms. The summed E-state index contributed by atoms with van der Waals surface area (Å²) in [4.78, 5) is 0. The van der Waals surface area contributed by atoms with Crippen LogP contribution in [0.3, 0.4) is 0 Å². The summed E-state index contributed by atoms with van der Waals surface area (Å²) in [5.41, 5.74) is 3.20. The van der Waals surface area contributed by atoms with Gasteiger partial charge in [0.15, 0.2) is 0 Å². The molecule has 0 aliphatic heterocycles. The van der Waals surface area contributed by atoms with Crippen molar-refractivity contribution in [1.82, 2.24) is 5.32 Å². The first-order chi connectivity index (χ1) is 16.0. The molecule has 3 rings (SSSR count). The van der Waals surface area contributed by atoms with Gasteiger partial charge < -0.3 is 35.2 Å². The minimum Gasteiger partial charge on any atom is -0.508 e. The molecule has 1 unspecified atom stereocenters. The van der Waals surface area contributed by atoms with E-state index in [-0.39, 0.29) is 18.1 Å². The summed E-state index contributed by atoms with van der Waals surface area (Å²) in [6.07, 6.45) is 0.0863. The summed E-state index contributed by atoms with van der Waals surface area (Å²) in [7, 11) is 0. The molecule has 1 atom stereocenters. The maximum absolute atomic E-state index is 10.3. The number of aromatic hydroxyl groups is 2. The summed E-state index contributed by atoms with van der Waals surface area (Å²) in [5, 5.41) is 41.6. The van der Waals surface area contributed by atoms with Crippen LogP contribution in [0.4, 0.5) is 0 Å². The third-order valence-electron chi connectivity index (χ3n) is 5.21. The SMILES string of the molecule is OCc1cc(C(O)CNCCc2ccc(OCCOCc3ccc(O)cc3)cc2)ccc1O. The highest BCUT2D eigenvalue weighted by atomic mass is 16.5. The van der Waals surface area contributed by atoms with Gasteiger partial charge in [0.25, 0.3) is 0 Å². The van der Waals surface area contributed by atoms with E-state index >= 15 is 0 Å². The highest BCUT2D eigenvalue weighted by Crippen LogP contribution is 2.22. The third-order valence-corrected chi connectivity index (χ3v) is 5.21. The summed E-state index contributed by atoms with van der Waals surface area (Å²) in [5.74, 6) is 1.04. The Morgan fingerprint density at radius 2 is 1.58 bits per heavy atom. The number of aliphatic hydroxyl groups excluding tert-OH is 2. The van der Waals surface area contributed by atoms with E-state index in [1.54, 1.807) is 24.3 Å². The summed E-state index contributed by atoms with van der Waals surface area (Å²) < 4.78 is 11.3. The van der Waals surface area contributed by atoms with Crippen molar-refractivity contribution in [3.63, 3.8) is 0 Å². The molecule has 0 aliphatic rings. The maximum Gasteiger partial charge on any atom is 0.121 e. The van der Waals surface area contributed by atoms with Crippen LogP contribution < -0.4 is 10.1 Å². The van der Waals surface area contributed by atoms with Gasteiger partial charge in [0.1, 0.15) is 23.9 Å². The van der Waals surface area contributed by atoms with Crippen LogP contribution in [0.25, 0.3) is 0 Å². The summed E-state index contributed by atoms with van der Waals surface area (Å²) in [6.45, 7) is 2.20. The molecule has 7 heteroatoms. The van der Waals surface area contributed by atoms with Crippen molar-refractivity contribution < 1.29 is 29.9 Å². The predicted molar refractivity (Wildman–Crippen MR) is 125 cm³/mol. The standard InChI is InChI=1S/C26H31NO6/c28-17-22-15-21(5-10-25(22)30)26(31)16-27-12-11-19-3-8-24(9-4-19)33-14-13-32-18-20-1-6-23(29)7-2-20/h1-10,15,26-31H,11-14,16-18H2. The summed E-state index contributed by atoms with van der Waals surface area (Å²) in [6, 6.07) is 19.5. The lowest BCUT2D eigenvalue weighted by atomic mass is 10.1. The van der Waals surface area contributed by atoms with Gasteiger partial charge in [-0.25, -0.2) is 0 Å². The van der Waals surface area contributed by atoms with Crippen LogP contribution in [0.1, 0.15) is 28.4 Å². The fraction of sp³-hybridized carbons (Fsp3) is 0.308. The molecule has 0 fully saturated rings. The zero-order valence-electron chi connectivity index (χ0n) is 18.5. The fourth-order valence-electron chi connectivity index (χ4n) is 3.28. The normalized spacial score (nSPS) is 11.9. The van der Waals surface area contributed by atoms with Crippen molar-refractivity contribution in [1.29, 1.82) is 0 Å². The highest BCUT2D eigenvalue weighted by Gasteiger charge is 2.10. The van der Waals surface area contributed by atoms with E-state index in [1.807, 2.05) is 36.4 Å². The second-order valence-electron chi connectivity index (χ2n) is 7.73. The molecule has 0 heterocycles. The van der Waals surface area contributed by atoms with Crippen molar-refractivity contribution >= 4 is 0 Å². The lowest BCUT2D eigenvalue weighted by Gasteiger charge is -2.14. The Hall–Kier alpha value is -3.10. The van der Waals surface area contributed by atoms with Crippen LogP contribution in [-0.4, -0.2) is 46.7 Å². The Morgan fingerprint density at radius 1 is 0.848 bits per heavy atom. The molecule has 0 bridgehead atoms. The average molecular weight is 454 g/mol. The van der Waals surface area contributed by atoms with Crippen LogP contribution in [0, 0.1) is 0 Å². The molecule has 0 aliphatic carbocycles. The first-order valence-corrected chi connectivity index (χ1v) is 10.9. The molecule has 3 aromatic carbocycles. The Kier molecular flexibility index (Phi) is 9.53. The highest BCUT2D eigenvalue weighted by molar-refractivity contribution is 5.36. The van der Waals surface area contributed by atoms with E-state index in [0.717, 1.165) is 23.3 Å². The molecule has 0 saturated carbocycles. The van der Waals surface area contributed by atoms with Crippen molar-refractivity contribution in [3.05, 3.63) is 89.0 Å². The average Bonchev–Trinajstić information content (AvgIpc) is 2.84. The van der Waals surface area contributed by atoms with Gasteiger partial charge in [0, 0.05) is 12.1 Å². The van der Waals surface area contributed by atoms with E-state index in [9.17, 15) is 20.4 Å². The Balaban J connectivity index is 1.30. The van der Waals surface area contributed by atoms with Crippen molar-refractivity contribution in [2.45, 2.75) is 25.7 Å². The van der Waals surface area contributed by atoms with E-state index in [0.29, 0.717) is 44.0 Å². The largest absolute Gasteiger partial charge is 0.508 e. The Morgan fingerprint density at radius 3 is 2.30 bits per heavy atom. The molecule has 176 valence electrons. The van der Waals surface area contributed by atoms with Gasteiger partial charge in [-0.15, -0.1) is 0 Å². The molecule has 0 radical (unpaired) electrons. The minimum absolute atomic E-state index is 0.0236. The van der Waals surface area contributed by atoms with Gasteiger partial charge in [-0.05, 0) is 66.1 Å². The first kappa shape index (κ1) is 24.5. The van der Waals surface area contributed by atoms with Crippen LogP contribution >= 0.6 is 0 Å². The van der Waals surface area contributed by atoms with E-state index in [1.165, 1.54) is 6.07 Å². The van der Waals surface area contributed by atoms with Gasteiger partial charge in [-0.1, -0.05) is 30.3 Å². The number of benzene rings is 3. The number of phenols is 2. The first-order valence-electron chi connectivity index (χ1n) is 10.9. The van der Waals surface area contributed by atoms with E-state index in [4.69, 9.17) is 9.47 Å². The molecule has 0 spiro atoms.